The smallest absolute Gasteiger partial charge is 0.326 e. The Morgan fingerprint density at radius 3 is 2.49 bits per heavy atom. The van der Waals surface area contributed by atoms with E-state index in [0.717, 1.165) is 56.3 Å². The summed E-state index contributed by atoms with van der Waals surface area (Å²) in [7, 11) is 1.83. The first kappa shape index (κ1) is 23.3. The van der Waals surface area contributed by atoms with Crippen molar-refractivity contribution in [2.24, 2.45) is 0 Å². The van der Waals surface area contributed by atoms with Crippen molar-refractivity contribution in [3.63, 3.8) is 0 Å². The number of rotatable bonds is 6. The van der Waals surface area contributed by atoms with Gasteiger partial charge >= 0.3 is 6.03 Å². The summed E-state index contributed by atoms with van der Waals surface area (Å²) in [6.07, 6.45) is 0.901. The van der Waals surface area contributed by atoms with Gasteiger partial charge < -0.3 is 10.2 Å². The molecule has 5 rings (SSSR count). The van der Waals surface area contributed by atoms with E-state index >= 15 is 0 Å². The zero-order valence-corrected chi connectivity index (χ0v) is 21.1. The van der Waals surface area contributed by atoms with Crippen LogP contribution in [0.4, 0.5) is 22.0 Å². The predicted octanol–water partition coefficient (Wildman–Crippen LogP) is 5.64. The number of piperazine rings is 1. The highest BCUT2D eigenvalue weighted by Crippen LogP contribution is 2.30. The minimum Gasteiger partial charge on any atom is -0.353 e. The summed E-state index contributed by atoms with van der Waals surface area (Å²) >= 11 is 1.58. The van der Waals surface area contributed by atoms with Crippen molar-refractivity contribution in [3.05, 3.63) is 83.9 Å². The summed E-state index contributed by atoms with van der Waals surface area (Å²) in [5.74, 6) is 1.12. The molecule has 6 nitrogen and oxygen atoms in total. The molecule has 0 atom stereocenters. The first-order valence-electron chi connectivity index (χ1n) is 12.1. The molecule has 3 aromatic carbocycles. The zero-order valence-electron chi connectivity index (χ0n) is 20.3. The minimum atomic E-state index is -0.134. The Labute approximate surface area is 210 Å². The lowest BCUT2D eigenvalue weighted by Crippen LogP contribution is -2.47. The van der Waals surface area contributed by atoms with Crippen LogP contribution in [0.3, 0.4) is 0 Å². The third-order valence-corrected chi connectivity index (χ3v) is 7.50. The molecule has 1 aliphatic heterocycles. The van der Waals surface area contributed by atoms with E-state index in [-0.39, 0.29) is 6.03 Å². The molecule has 35 heavy (non-hydrogen) atoms. The Balaban J connectivity index is 1.18. The number of hydrogen-bond acceptors (Lipinski definition) is 5. The van der Waals surface area contributed by atoms with E-state index in [2.05, 4.69) is 51.5 Å². The van der Waals surface area contributed by atoms with Gasteiger partial charge in [0.1, 0.15) is 5.82 Å². The van der Waals surface area contributed by atoms with Crippen LogP contribution in [0.5, 0.6) is 0 Å². The van der Waals surface area contributed by atoms with Crippen molar-refractivity contribution >= 4 is 44.8 Å². The van der Waals surface area contributed by atoms with E-state index < -0.39 is 0 Å². The van der Waals surface area contributed by atoms with Gasteiger partial charge in [0.05, 0.1) is 4.70 Å². The third-order valence-electron chi connectivity index (χ3n) is 6.69. The fraction of sp³-hybridized carbons (Fsp3) is 0.286. The molecule has 4 aromatic rings. The quantitative estimate of drug-likeness (QED) is 0.384. The predicted molar refractivity (Wildman–Crippen MR) is 147 cm³/mol. The zero-order chi connectivity index (χ0) is 24.2. The van der Waals surface area contributed by atoms with Gasteiger partial charge in [0.2, 0.25) is 0 Å². The summed E-state index contributed by atoms with van der Waals surface area (Å²) in [6, 6.07) is 24.4. The van der Waals surface area contributed by atoms with Gasteiger partial charge in [-0.25, -0.2) is 4.79 Å². The summed E-state index contributed by atoms with van der Waals surface area (Å²) in [6.45, 7) is 6.99. The number of aromatic nitrogens is 1. The molecule has 0 unspecified atom stereocenters. The summed E-state index contributed by atoms with van der Waals surface area (Å²) in [4.78, 5) is 19.5. The van der Waals surface area contributed by atoms with Crippen LogP contribution in [0.15, 0.2) is 72.8 Å². The van der Waals surface area contributed by atoms with Crippen molar-refractivity contribution in [2.75, 3.05) is 54.9 Å². The fourth-order valence-electron chi connectivity index (χ4n) is 4.57. The number of benzene rings is 3. The standard InChI is InChI=1S/C28H31N5OS/c1-21-11-13-23(14-12-21)29-28(34)31(2)25-9-5-3-7-22(25)15-16-32-17-19-33(20-18-32)27-24-8-4-6-10-26(24)35-30-27/h3-14H,15-20H2,1-2H3,(H,29,34). The minimum absolute atomic E-state index is 0.134. The number of anilines is 3. The molecule has 1 aliphatic rings. The Morgan fingerprint density at radius 2 is 1.69 bits per heavy atom. The van der Waals surface area contributed by atoms with Crippen molar-refractivity contribution in [3.8, 4) is 0 Å². The summed E-state index contributed by atoms with van der Waals surface area (Å²) < 4.78 is 5.97. The molecule has 7 heteroatoms. The monoisotopic (exact) mass is 485 g/mol. The topological polar surface area (TPSA) is 51.7 Å². The molecule has 2 amide bonds. The first-order chi connectivity index (χ1) is 17.1. The van der Waals surface area contributed by atoms with Gasteiger partial charge in [-0.05, 0) is 60.8 Å². The Bertz CT molecular complexity index is 1290. The SMILES string of the molecule is Cc1ccc(NC(=O)N(C)c2ccccc2CCN2CCN(c3nsc4ccccc34)CC2)cc1. The van der Waals surface area contributed by atoms with E-state index in [0.29, 0.717) is 0 Å². The molecule has 1 aromatic heterocycles. The Kier molecular flexibility index (Phi) is 6.97. The van der Waals surface area contributed by atoms with Gasteiger partial charge in [0.15, 0.2) is 0 Å². The lowest BCUT2D eigenvalue weighted by atomic mass is 10.1. The molecule has 1 saturated heterocycles. The van der Waals surface area contributed by atoms with E-state index in [1.165, 1.54) is 21.2 Å². The Morgan fingerprint density at radius 1 is 0.971 bits per heavy atom. The van der Waals surface area contributed by atoms with Gasteiger partial charge in [-0.2, -0.15) is 4.37 Å². The number of hydrogen-bond donors (Lipinski definition) is 1. The molecule has 0 bridgehead atoms. The van der Waals surface area contributed by atoms with Gasteiger partial charge in [-0.3, -0.25) is 9.80 Å². The number of carbonyl (C=O) groups is 1. The fourth-order valence-corrected chi connectivity index (χ4v) is 5.36. The number of urea groups is 1. The van der Waals surface area contributed by atoms with E-state index in [1.54, 1.807) is 16.4 Å². The molecular formula is C28H31N5OS. The lowest BCUT2D eigenvalue weighted by molar-refractivity contribution is 0.257. The molecule has 1 fully saturated rings. The number of fused-ring (bicyclic) bond motifs is 1. The molecule has 180 valence electrons. The van der Waals surface area contributed by atoms with Crippen LogP contribution in [0.1, 0.15) is 11.1 Å². The van der Waals surface area contributed by atoms with Crippen LogP contribution < -0.4 is 15.1 Å². The second kappa shape index (κ2) is 10.5. The number of amides is 2. The molecule has 0 spiro atoms. The van der Waals surface area contributed by atoms with Crippen LogP contribution in [0.2, 0.25) is 0 Å². The second-order valence-corrected chi connectivity index (χ2v) is 9.87. The number of nitrogens with zero attached hydrogens (tertiary/aromatic N) is 4. The van der Waals surface area contributed by atoms with Gasteiger partial charge in [-0.15, -0.1) is 0 Å². The highest BCUT2D eigenvalue weighted by molar-refractivity contribution is 7.13. The molecule has 2 heterocycles. The van der Waals surface area contributed by atoms with Crippen molar-refractivity contribution in [1.82, 2.24) is 9.27 Å². The highest BCUT2D eigenvalue weighted by atomic mass is 32.1. The lowest BCUT2D eigenvalue weighted by Gasteiger charge is -2.35. The van der Waals surface area contributed by atoms with E-state index in [1.807, 2.05) is 50.4 Å². The van der Waals surface area contributed by atoms with Crippen LogP contribution in [-0.4, -0.2) is 55.1 Å². The number of carbonyl (C=O) groups excluding carboxylic acids is 1. The van der Waals surface area contributed by atoms with E-state index in [9.17, 15) is 4.79 Å². The normalized spacial score (nSPS) is 14.3. The molecular weight excluding hydrogens is 454 g/mol. The summed E-state index contributed by atoms with van der Waals surface area (Å²) in [5.41, 5.74) is 4.10. The van der Waals surface area contributed by atoms with Crippen molar-refractivity contribution < 1.29 is 4.79 Å². The van der Waals surface area contributed by atoms with Gasteiger partial charge in [0.25, 0.3) is 0 Å². The number of nitrogens with one attached hydrogen (secondary N) is 1. The average molecular weight is 486 g/mol. The van der Waals surface area contributed by atoms with Crippen molar-refractivity contribution in [2.45, 2.75) is 13.3 Å². The van der Waals surface area contributed by atoms with Crippen LogP contribution in [0.25, 0.3) is 10.1 Å². The maximum Gasteiger partial charge on any atom is 0.326 e. The number of aryl methyl sites for hydroxylation is 1. The van der Waals surface area contributed by atoms with Gasteiger partial charge in [-0.1, -0.05) is 48.0 Å². The number of para-hydroxylation sites is 1. The molecule has 1 N–H and O–H groups in total. The highest BCUT2D eigenvalue weighted by Gasteiger charge is 2.21. The third kappa shape index (κ3) is 5.31. The van der Waals surface area contributed by atoms with Gasteiger partial charge in [0, 0.05) is 56.5 Å². The van der Waals surface area contributed by atoms with Crippen LogP contribution >= 0.6 is 11.5 Å². The first-order valence-corrected chi connectivity index (χ1v) is 12.9. The van der Waals surface area contributed by atoms with Crippen molar-refractivity contribution in [1.29, 1.82) is 0 Å². The maximum atomic E-state index is 12.9. The molecule has 0 saturated carbocycles. The Hall–Kier alpha value is -3.42. The average Bonchev–Trinajstić information content (AvgIpc) is 3.33. The van der Waals surface area contributed by atoms with E-state index in [4.69, 9.17) is 4.37 Å². The van der Waals surface area contributed by atoms with Crippen LogP contribution in [0, 0.1) is 6.92 Å². The largest absolute Gasteiger partial charge is 0.353 e. The molecule has 0 aliphatic carbocycles. The maximum absolute atomic E-state index is 12.9. The van der Waals surface area contributed by atoms with Crippen LogP contribution in [-0.2, 0) is 6.42 Å². The summed E-state index contributed by atoms with van der Waals surface area (Å²) in [5, 5.41) is 4.25. The second-order valence-electron chi connectivity index (χ2n) is 9.06. The molecule has 0 radical (unpaired) electrons.